The van der Waals surface area contributed by atoms with Gasteiger partial charge in [0.25, 0.3) is 0 Å². The number of halogens is 2. The maximum Gasteiger partial charge on any atom is 0.332 e. The summed E-state index contributed by atoms with van der Waals surface area (Å²) in [7, 11) is 0. The Labute approximate surface area is 222 Å². The second-order valence-corrected chi connectivity index (χ2v) is 10.6. The highest BCUT2D eigenvalue weighted by atomic mass is 32.2. The molecule has 0 saturated heterocycles. The van der Waals surface area contributed by atoms with Crippen molar-refractivity contribution < 1.29 is 28.2 Å². The monoisotopic (exact) mass is 548 g/mol. The summed E-state index contributed by atoms with van der Waals surface area (Å²) in [5, 5.41) is 23.2. The lowest BCUT2D eigenvalue weighted by Crippen LogP contribution is -2.26. The minimum atomic E-state index is -0.865. The quantitative estimate of drug-likeness (QED) is 0.209. The van der Waals surface area contributed by atoms with E-state index in [1.54, 1.807) is 17.7 Å². The molecule has 13 heteroatoms. The third-order valence-corrected chi connectivity index (χ3v) is 7.79. The van der Waals surface area contributed by atoms with Crippen LogP contribution in [0.15, 0.2) is 23.4 Å². The number of rotatable bonds is 11. The van der Waals surface area contributed by atoms with Crippen LogP contribution in [-0.4, -0.2) is 73.3 Å². The number of benzene rings is 1. The molecule has 2 N–H and O–H groups in total. The number of thioether (sulfide) groups is 1. The lowest BCUT2D eigenvalue weighted by molar-refractivity contribution is -0.152. The summed E-state index contributed by atoms with van der Waals surface area (Å²) in [5.74, 6) is -0.808. The number of aliphatic hydroxyl groups is 1. The van der Waals surface area contributed by atoms with E-state index >= 15 is 0 Å². The van der Waals surface area contributed by atoms with E-state index in [1.165, 1.54) is 17.8 Å². The van der Waals surface area contributed by atoms with Gasteiger partial charge in [0, 0.05) is 17.7 Å². The largest absolute Gasteiger partial charge is 0.464 e. The Bertz CT molecular complexity index is 1310. The van der Waals surface area contributed by atoms with Gasteiger partial charge in [-0.15, -0.1) is 5.10 Å². The Kier molecular flexibility index (Phi) is 8.05. The summed E-state index contributed by atoms with van der Waals surface area (Å²) in [4.78, 5) is 21.1. The standard InChI is InChI=1S/C25H30F2N6O4S/c1-3-7-38-25-29-23(28-18-11-15(18)13-5-6-16(26)17(27)8-13)22-24(30-25)33(32-31-22)14-9-19(34)20(10-14)37-12-21(35)36-4-2/h5-6,8,14-15,18-20,34H,3-4,7,9-12H2,1-2H3,(H,28,29,30)/t14?,15?,18?,19-,20-/m0/s1. The van der Waals surface area contributed by atoms with E-state index in [1.807, 2.05) is 0 Å². The molecule has 0 radical (unpaired) electrons. The van der Waals surface area contributed by atoms with Crippen molar-refractivity contribution in [2.24, 2.45) is 0 Å². The van der Waals surface area contributed by atoms with E-state index in [4.69, 9.17) is 14.5 Å². The zero-order chi connectivity index (χ0) is 26.8. The van der Waals surface area contributed by atoms with Crippen LogP contribution in [0.3, 0.4) is 0 Å². The van der Waals surface area contributed by atoms with Crippen LogP contribution in [0.4, 0.5) is 14.6 Å². The van der Waals surface area contributed by atoms with Gasteiger partial charge in [-0.05, 0) is 50.3 Å². The molecule has 2 fully saturated rings. The highest BCUT2D eigenvalue weighted by Gasteiger charge is 2.40. The molecule has 2 aliphatic carbocycles. The fourth-order valence-electron chi connectivity index (χ4n) is 4.76. The number of aromatic nitrogens is 5. The second kappa shape index (κ2) is 11.5. The molecule has 0 amide bonds. The van der Waals surface area contributed by atoms with E-state index in [2.05, 4.69) is 27.5 Å². The molecule has 2 aliphatic rings. The molecule has 0 bridgehead atoms. The fourth-order valence-corrected chi connectivity index (χ4v) is 5.46. The molecule has 38 heavy (non-hydrogen) atoms. The van der Waals surface area contributed by atoms with E-state index in [0.717, 1.165) is 30.2 Å². The molecule has 0 spiro atoms. The van der Waals surface area contributed by atoms with Gasteiger partial charge in [-0.2, -0.15) is 0 Å². The predicted molar refractivity (Wildman–Crippen MR) is 136 cm³/mol. The molecule has 2 heterocycles. The molecule has 204 valence electrons. The van der Waals surface area contributed by atoms with Crippen molar-refractivity contribution in [1.29, 1.82) is 0 Å². The number of aliphatic hydroxyl groups excluding tert-OH is 1. The van der Waals surface area contributed by atoms with Gasteiger partial charge in [0.05, 0.1) is 24.9 Å². The molecule has 5 rings (SSSR count). The Balaban J connectivity index is 1.35. The van der Waals surface area contributed by atoms with Crippen molar-refractivity contribution in [2.75, 3.05) is 24.3 Å². The maximum absolute atomic E-state index is 13.7. The van der Waals surface area contributed by atoms with Crippen LogP contribution >= 0.6 is 11.8 Å². The molecule has 2 aromatic heterocycles. The van der Waals surface area contributed by atoms with E-state index in [9.17, 15) is 18.7 Å². The summed E-state index contributed by atoms with van der Waals surface area (Å²) in [6, 6.07) is 3.74. The molecule has 0 aliphatic heterocycles. The number of carbonyl (C=O) groups excluding carboxylic acids is 1. The van der Waals surface area contributed by atoms with Gasteiger partial charge < -0.3 is 19.9 Å². The number of nitrogens with one attached hydrogen (secondary N) is 1. The van der Waals surface area contributed by atoms with Gasteiger partial charge in [-0.1, -0.05) is 30.0 Å². The first-order chi connectivity index (χ1) is 18.4. The normalized spacial score (nSPS) is 24.6. The van der Waals surface area contributed by atoms with Crippen LogP contribution in [0.5, 0.6) is 0 Å². The zero-order valence-corrected chi connectivity index (χ0v) is 22.0. The van der Waals surface area contributed by atoms with Gasteiger partial charge in [0.2, 0.25) is 0 Å². The average molecular weight is 549 g/mol. The van der Waals surface area contributed by atoms with E-state index in [0.29, 0.717) is 35.0 Å². The number of esters is 1. The number of hydrogen-bond acceptors (Lipinski definition) is 10. The van der Waals surface area contributed by atoms with Gasteiger partial charge in [0.15, 0.2) is 33.8 Å². The van der Waals surface area contributed by atoms with Crippen molar-refractivity contribution in [3.8, 4) is 0 Å². The zero-order valence-electron chi connectivity index (χ0n) is 21.1. The number of nitrogens with zero attached hydrogens (tertiary/aromatic N) is 5. The molecule has 3 unspecified atom stereocenters. The van der Waals surface area contributed by atoms with Crippen molar-refractivity contribution in [2.45, 2.75) is 74.9 Å². The minimum absolute atomic E-state index is 0.0129. The smallest absolute Gasteiger partial charge is 0.332 e. The third-order valence-electron chi connectivity index (χ3n) is 6.74. The summed E-state index contributed by atoms with van der Waals surface area (Å²) in [6.07, 6.45) is 1.18. The number of hydrogen-bond donors (Lipinski definition) is 2. The molecule has 3 aromatic rings. The third kappa shape index (κ3) is 5.74. The van der Waals surface area contributed by atoms with Crippen LogP contribution in [0, 0.1) is 11.6 Å². The Morgan fingerprint density at radius 3 is 2.82 bits per heavy atom. The van der Waals surface area contributed by atoms with Crippen LogP contribution in [0.2, 0.25) is 0 Å². The molecule has 1 aromatic carbocycles. The maximum atomic E-state index is 13.7. The first-order valence-corrected chi connectivity index (χ1v) is 13.8. The summed E-state index contributed by atoms with van der Waals surface area (Å²) >= 11 is 1.52. The first-order valence-electron chi connectivity index (χ1n) is 12.8. The Morgan fingerprint density at radius 1 is 1.21 bits per heavy atom. The lowest BCUT2D eigenvalue weighted by Gasteiger charge is -2.14. The van der Waals surface area contributed by atoms with Gasteiger partial charge in [0.1, 0.15) is 6.61 Å². The average Bonchev–Trinajstić information content (AvgIpc) is 3.36. The van der Waals surface area contributed by atoms with Crippen molar-refractivity contribution in [1.82, 2.24) is 25.0 Å². The van der Waals surface area contributed by atoms with Gasteiger partial charge in [-0.3, -0.25) is 0 Å². The van der Waals surface area contributed by atoms with Crippen LogP contribution in [0.1, 0.15) is 57.1 Å². The minimum Gasteiger partial charge on any atom is -0.464 e. The lowest BCUT2D eigenvalue weighted by atomic mass is 10.1. The van der Waals surface area contributed by atoms with Gasteiger partial charge in [-0.25, -0.2) is 28.2 Å². The van der Waals surface area contributed by atoms with Crippen LogP contribution in [0.25, 0.3) is 11.2 Å². The number of anilines is 1. The van der Waals surface area contributed by atoms with E-state index < -0.39 is 29.8 Å². The predicted octanol–water partition coefficient (Wildman–Crippen LogP) is 3.61. The van der Waals surface area contributed by atoms with Crippen molar-refractivity contribution >= 4 is 34.7 Å². The number of fused-ring (bicyclic) bond motifs is 1. The second-order valence-electron chi connectivity index (χ2n) is 9.52. The fraction of sp³-hybridized carbons (Fsp3) is 0.560. The SMILES string of the molecule is CCCSc1nc(NC2CC2c2ccc(F)c(F)c2)c2nnn(C3C[C@H](OCC(=O)OCC)[C@@H](O)C3)c2n1. The molecule has 10 nitrogen and oxygen atoms in total. The topological polar surface area (TPSA) is 124 Å². The van der Waals surface area contributed by atoms with Gasteiger partial charge >= 0.3 is 5.97 Å². The molecule has 2 saturated carbocycles. The van der Waals surface area contributed by atoms with Crippen molar-refractivity contribution in [3.05, 3.63) is 35.4 Å². The summed E-state index contributed by atoms with van der Waals surface area (Å²) < 4.78 is 39.3. The first kappa shape index (κ1) is 26.7. The Hall–Kier alpha value is -2.90. The Morgan fingerprint density at radius 2 is 2.05 bits per heavy atom. The molecule has 5 atom stereocenters. The highest BCUT2D eigenvalue weighted by Crippen LogP contribution is 2.44. The highest BCUT2D eigenvalue weighted by molar-refractivity contribution is 7.99. The van der Waals surface area contributed by atoms with Crippen LogP contribution in [-0.2, 0) is 14.3 Å². The van der Waals surface area contributed by atoms with Crippen molar-refractivity contribution in [3.63, 3.8) is 0 Å². The van der Waals surface area contributed by atoms with E-state index in [-0.39, 0.29) is 31.2 Å². The number of ether oxygens (including phenoxy) is 2. The number of carbonyl (C=O) groups is 1. The van der Waals surface area contributed by atoms with Crippen LogP contribution < -0.4 is 5.32 Å². The molecular weight excluding hydrogens is 518 g/mol. The molecular formula is C25H30F2N6O4S. The summed E-state index contributed by atoms with van der Waals surface area (Å²) in [5.41, 5.74) is 1.76. The summed E-state index contributed by atoms with van der Waals surface area (Å²) in [6.45, 7) is 3.83.